The highest BCUT2D eigenvalue weighted by molar-refractivity contribution is 5.87. The number of ether oxygens (including phenoxy) is 1. The van der Waals surface area contributed by atoms with Gasteiger partial charge in [-0.1, -0.05) is 0 Å². The van der Waals surface area contributed by atoms with Gasteiger partial charge in [0.25, 0.3) is 0 Å². The zero-order valence-corrected chi connectivity index (χ0v) is 7.93. The molecular weight excluding hydrogens is 190 g/mol. The van der Waals surface area contributed by atoms with E-state index in [9.17, 15) is 9.59 Å². The van der Waals surface area contributed by atoms with Gasteiger partial charge in [-0.2, -0.15) is 0 Å². The number of hydrazine groups is 1. The van der Waals surface area contributed by atoms with Crippen molar-refractivity contribution in [3.05, 3.63) is 11.9 Å². The fraction of sp³-hybridized carbons (Fsp3) is 0.429. The van der Waals surface area contributed by atoms with Crippen LogP contribution in [0.3, 0.4) is 0 Å². The second kappa shape index (κ2) is 5.07. The van der Waals surface area contributed by atoms with E-state index in [0.717, 1.165) is 18.3 Å². The minimum absolute atomic E-state index is 0.261. The largest absolute Gasteiger partial charge is 0.480 e. The summed E-state index contributed by atoms with van der Waals surface area (Å²) in [6.45, 7) is 1.35. The van der Waals surface area contributed by atoms with E-state index in [2.05, 4.69) is 4.74 Å². The van der Waals surface area contributed by atoms with Crippen LogP contribution in [0.1, 0.15) is 6.92 Å². The van der Waals surface area contributed by atoms with Gasteiger partial charge in [-0.05, 0) is 6.92 Å². The summed E-state index contributed by atoms with van der Waals surface area (Å²) in [7, 11) is 1.16. The third kappa shape index (κ3) is 3.31. The first-order chi connectivity index (χ1) is 6.40. The standard InChI is InChI=1S/C7H13N3O4/c1-4(6(11)12)10(9)3-5(8)7(13)14-2/h3-4H,8-9H2,1-2H3,(H,11,12)/b5-3-. The van der Waals surface area contributed by atoms with Gasteiger partial charge in [0.05, 0.1) is 7.11 Å². The smallest absolute Gasteiger partial charge is 0.355 e. The first-order valence-electron chi connectivity index (χ1n) is 3.71. The van der Waals surface area contributed by atoms with Crippen molar-refractivity contribution in [2.75, 3.05) is 7.11 Å². The number of nitrogens with two attached hydrogens (primary N) is 2. The van der Waals surface area contributed by atoms with Crippen molar-refractivity contribution in [2.24, 2.45) is 11.6 Å². The van der Waals surface area contributed by atoms with Crippen molar-refractivity contribution >= 4 is 11.9 Å². The summed E-state index contributed by atoms with van der Waals surface area (Å²) in [5, 5.41) is 9.37. The summed E-state index contributed by atoms with van der Waals surface area (Å²) in [6.07, 6.45) is 1.00. The highest BCUT2D eigenvalue weighted by Crippen LogP contribution is 1.96. The molecule has 0 heterocycles. The molecule has 7 heteroatoms. The maximum Gasteiger partial charge on any atom is 0.355 e. The molecule has 5 N–H and O–H groups in total. The van der Waals surface area contributed by atoms with E-state index in [1.807, 2.05) is 0 Å². The van der Waals surface area contributed by atoms with Crippen LogP contribution in [0.25, 0.3) is 0 Å². The Morgan fingerprint density at radius 2 is 2.07 bits per heavy atom. The van der Waals surface area contributed by atoms with Crippen molar-refractivity contribution in [2.45, 2.75) is 13.0 Å². The number of rotatable bonds is 4. The van der Waals surface area contributed by atoms with Crippen LogP contribution in [0.15, 0.2) is 11.9 Å². The second-order valence-corrected chi connectivity index (χ2v) is 2.54. The van der Waals surface area contributed by atoms with Crippen molar-refractivity contribution in [1.29, 1.82) is 0 Å². The molecule has 0 bridgehead atoms. The first kappa shape index (κ1) is 12.2. The quantitative estimate of drug-likeness (QED) is 0.223. The van der Waals surface area contributed by atoms with Crippen LogP contribution in [0.2, 0.25) is 0 Å². The van der Waals surface area contributed by atoms with E-state index in [-0.39, 0.29) is 5.70 Å². The number of aliphatic carboxylic acids is 1. The topological polar surface area (TPSA) is 119 Å². The highest BCUT2D eigenvalue weighted by atomic mass is 16.5. The molecule has 0 rings (SSSR count). The zero-order chi connectivity index (χ0) is 11.3. The van der Waals surface area contributed by atoms with Crippen LogP contribution < -0.4 is 11.6 Å². The van der Waals surface area contributed by atoms with Gasteiger partial charge in [-0.3, -0.25) is 0 Å². The number of carbonyl (C=O) groups excluding carboxylic acids is 1. The van der Waals surface area contributed by atoms with Crippen LogP contribution in [-0.4, -0.2) is 35.2 Å². The maximum atomic E-state index is 10.8. The van der Waals surface area contributed by atoms with Crippen LogP contribution in [-0.2, 0) is 14.3 Å². The van der Waals surface area contributed by atoms with Gasteiger partial charge in [0.15, 0.2) is 0 Å². The van der Waals surface area contributed by atoms with Gasteiger partial charge in [-0.25, -0.2) is 15.4 Å². The van der Waals surface area contributed by atoms with E-state index >= 15 is 0 Å². The summed E-state index contributed by atoms with van der Waals surface area (Å²) in [4.78, 5) is 21.2. The predicted molar refractivity (Wildman–Crippen MR) is 47.4 cm³/mol. The van der Waals surface area contributed by atoms with Crippen LogP contribution in [0.4, 0.5) is 0 Å². The first-order valence-corrected chi connectivity index (χ1v) is 3.71. The molecule has 0 aromatic carbocycles. The molecule has 0 spiro atoms. The number of esters is 1. The molecule has 14 heavy (non-hydrogen) atoms. The molecule has 1 atom stereocenters. The summed E-state index contributed by atoms with van der Waals surface area (Å²) in [6, 6.07) is -0.974. The maximum absolute atomic E-state index is 10.8. The van der Waals surface area contributed by atoms with Crippen molar-refractivity contribution in [1.82, 2.24) is 5.01 Å². The van der Waals surface area contributed by atoms with E-state index in [0.29, 0.717) is 0 Å². The second-order valence-electron chi connectivity index (χ2n) is 2.54. The van der Waals surface area contributed by atoms with E-state index < -0.39 is 18.0 Å². The number of nitrogens with zero attached hydrogens (tertiary/aromatic N) is 1. The Hall–Kier alpha value is -1.76. The minimum Gasteiger partial charge on any atom is -0.480 e. The molecule has 7 nitrogen and oxygen atoms in total. The molecule has 0 fully saturated rings. The van der Waals surface area contributed by atoms with E-state index in [4.69, 9.17) is 16.7 Å². The average molecular weight is 203 g/mol. The molecule has 0 aliphatic carbocycles. The molecule has 0 aromatic rings. The summed E-state index contributed by atoms with van der Waals surface area (Å²) in [5.74, 6) is 3.41. The van der Waals surface area contributed by atoms with Gasteiger partial charge in [-0.15, -0.1) is 0 Å². The Morgan fingerprint density at radius 1 is 1.57 bits per heavy atom. The molecule has 0 amide bonds. The van der Waals surface area contributed by atoms with Crippen LogP contribution >= 0.6 is 0 Å². The van der Waals surface area contributed by atoms with Gasteiger partial charge in [0.1, 0.15) is 11.7 Å². The SMILES string of the molecule is COC(=O)/C(N)=C/N(N)C(C)C(=O)O. The summed E-state index contributed by atoms with van der Waals surface area (Å²) in [5.41, 5.74) is 4.98. The van der Waals surface area contributed by atoms with Crippen molar-refractivity contribution < 1.29 is 19.4 Å². The monoisotopic (exact) mass is 203 g/mol. The molecule has 0 saturated heterocycles. The lowest BCUT2D eigenvalue weighted by Gasteiger charge is -2.18. The van der Waals surface area contributed by atoms with Crippen LogP contribution in [0, 0.1) is 0 Å². The molecular formula is C7H13N3O4. The van der Waals surface area contributed by atoms with Gasteiger partial charge in [0.2, 0.25) is 0 Å². The Balaban J connectivity index is 4.49. The van der Waals surface area contributed by atoms with E-state index in [1.165, 1.54) is 6.92 Å². The third-order valence-corrected chi connectivity index (χ3v) is 1.51. The van der Waals surface area contributed by atoms with Gasteiger partial charge >= 0.3 is 11.9 Å². The Labute approximate surface area is 80.9 Å². The number of hydrogen-bond donors (Lipinski definition) is 3. The number of carbonyl (C=O) groups is 2. The lowest BCUT2D eigenvalue weighted by atomic mass is 10.3. The molecule has 0 saturated carbocycles. The number of carboxylic acids is 1. The van der Waals surface area contributed by atoms with E-state index in [1.54, 1.807) is 0 Å². The lowest BCUT2D eigenvalue weighted by Crippen LogP contribution is -2.41. The average Bonchev–Trinajstić information content (AvgIpc) is 2.14. The lowest BCUT2D eigenvalue weighted by molar-refractivity contribution is -0.142. The third-order valence-electron chi connectivity index (χ3n) is 1.51. The number of methoxy groups -OCH3 is 1. The number of carboxylic acid groups (broad SMARTS) is 1. The Morgan fingerprint density at radius 3 is 2.43 bits per heavy atom. The fourth-order valence-corrected chi connectivity index (χ4v) is 0.570. The van der Waals surface area contributed by atoms with Crippen molar-refractivity contribution in [3.8, 4) is 0 Å². The van der Waals surface area contributed by atoms with Gasteiger partial charge < -0.3 is 20.6 Å². The van der Waals surface area contributed by atoms with Crippen molar-refractivity contribution in [3.63, 3.8) is 0 Å². The van der Waals surface area contributed by atoms with Crippen LogP contribution in [0.5, 0.6) is 0 Å². The highest BCUT2D eigenvalue weighted by Gasteiger charge is 2.16. The number of hydrogen-bond acceptors (Lipinski definition) is 6. The molecule has 1 unspecified atom stereocenters. The summed E-state index contributed by atoms with van der Waals surface area (Å²) >= 11 is 0. The minimum atomic E-state index is -1.12. The predicted octanol–water partition coefficient (Wildman–Crippen LogP) is -1.39. The molecule has 80 valence electrons. The molecule has 0 aromatic heterocycles. The van der Waals surface area contributed by atoms with Gasteiger partial charge in [0, 0.05) is 6.20 Å². The Bertz CT molecular complexity index is 264. The molecule has 0 radical (unpaired) electrons. The zero-order valence-electron chi connectivity index (χ0n) is 7.93. The normalized spacial score (nSPS) is 13.2. The molecule has 0 aliphatic heterocycles. The fourth-order valence-electron chi connectivity index (χ4n) is 0.570. The summed E-state index contributed by atoms with van der Waals surface area (Å²) < 4.78 is 4.29. The Kier molecular flexibility index (Phi) is 4.44. The molecule has 0 aliphatic rings.